The largest absolute Gasteiger partial charge is 0.469 e. The molecule has 0 atom stereocenters. The van der Waals surface area contributed by atoms with Gasteiger partial charge in [-0.2, -0.15) is 0 Å². The maximum atomic E-state index is 10.9. The Hall–Kier alpha value is -1.90. The molecule has 16 heavy (non-hydrogen) atoms. The molecular weight excluding hydrogens is 204 g/mol. The maximum absolute atomic E-state index is 10.9. The highest BCUT2D eigenvalue weighted by Crippen LogP contribution is 2.10. The van der Waals surface area contributed by atoms with Crippen LogP contribution >= 0.6 is 0 Å². The number of hydrogen-bond acceptors (Lipinski definition) is 3. The van der Waals surface area contributed by atoms with E-state index in [0.29, 0.717) is 5.56 Å². The van der Waals surface area contributed by atoms with Crippen molar-refractivity contribution in [2.75, 3.05) is 7.11 Å². The summed E-state index contributed by atoms with van der Waals surface area (Å²) >= 11 is 0. The second-order valence-corrected chi connectivity index (χ2v) is 3.48. The highest BCUT2D eigenvalue weighted by molar-refractivity contribution is 5.77. The molecule has 0 saturated heterocycles. The third-order valence-corrected chi connectivity index (χ3v) is 2.08. The van der Waals surface area contributed by atoms with Crippen molar-refractivity contribution < 1.29 is 14.3 Å². The van der Waals surface area contributed by atoms with Gasteiger partial charge in [-0.25, -0.2) is 0 Å². The lowest BCUT2D eigenvalue weighted by Crippen LogP contribution is -1.96. The summed E-state index contributed by atoms with van der Waals surface area (Å²) in [5, 5.41) is 0. The summed E-state index contributed by atoms with van der Waals surface area (Å²) in [6.45, 7) is 1.92. The van der Waals surface area contributed by atoms with Crippen LogP contribution in [-0.2, 0) is 9.53 Å². The summed E-state index contributed by atoms with van der Waals surface area (Å²) in [5.41, 5.74) is 2.56. The first kappa shape index (κ1) is 12.2. The molecule has 0 saturated carbocycles. The number of benzene rings is 1. The van der Waals surface area contributed by atoms with E-state index in [1.54, 1.807) is 18.2 Å². The van der Waals surface area contributed by atoms with E-state index >= 15 is 0 Å². The Morgan fingerprint density at radius 2 is 2.00 bits per heavy atom. The van der Waals surface area contributed by atoms with Gasteiger partial charge in [0.1, 0.15) is 6.29 Å². The first-order chi connectivity index (χ1) is 7.65. The van der Waals surface area contributed by atoms with E-state index in [1.807, 2.05) is 19.1 Å². The number of methoxy groups -OCH3 is 1. The molecule has 0 aliphatic heterocycles. The van der Waals surface area contributed by atoms with Gasteiger partial charge >= 0.3 is 5.97 Å². The Kier molecular flexibility index (Phi) is 4.45. The van der Waals surface area contributed by atoms with Gasteiger partial charge in [0.05, 0.1) is 13.5 Å². The number of rotatable bonds is 4. The Labute approximate surface area is 94.7 Å². The normalized spacial score (nSPS) is 10.4. The van der Waals surface area contributed by atoms with E-state index < -0.39 is 0 Å². The number of carbonyl (C=O) groups excluding carboxylic acids is 2. The number of aryl methyl sites for hydroxylation is 1. The predicted octanol–water partition coefficient (Wildman–Crippen LogP) is 2.38. The summed E-state index contributed by atoms with van der Waals surface area (Å²) in [6, 6.07) is 5.53. The molecule has 0 unspecified atom stereocenters. The van der Waals surface area contributed by atoms with E-state index in [4.69, 9.17) is 0 Å². The lowest BCUT2D eigenvalue weighted by atomic mass is 10.1. The van der Waals surface area contributed by atoms with Crippen LogP contribution in [0.2, 0.25) is 0 Å². The lowest BCUT2D eigenvalue weighted by molar-refractivity contribution is -0.139. The van der Waals surface area contributed by atoms with Crippen molar-refractivity contribution >= 4 is 18.3 Å². The number of aldehydes is 1. The van der Waals surface area contributed by atoms with Crippen LogP contribution in [-0.4, -0.2) is 19.4 Å². The molecule has 3 nitrogen and oxygen atoms in total. The van der Waals surface area contributed by atoms with E-state index in [1.165, 1.54) is 7.11 Å². The molecule has 0 aromatic heterocycles. The average molecular weight is 218 g/mol. The fraction of sp³-hybridized carbons (Fsp3) is 0.231. The summed E-state index contributed by atoms with van der Waals surface area (Å²) in [7, 11) is 1.35. The quantitative estimate of drug-likeness (QED) is 0.575. The molecule has 0 radical (unpaired) electrons. The first-order valence-corrected chi connectivity index (χ1v) is 4.96. The number of hydrogen-bond donors (Lipinski definition) is 0. The highest BCUT2D eigenvalue weighted by atomic mass is 16.5. The van der Waals surface area contributed by atoms with Gasteiger partial charge in [-0.15, -0.1) is 0 Å². The fourth-order valence-corrected chi connectivity index (χ4v) is 1.38. The van der Waals surface area contributed by atoms with Crippen LogP contribution in [0.1, 0.15) is 27.9 Å². The van der Waals surface area contributed by atoms with Crippen LogP contribution < -0.4 is 0 Å². The summed E-state index contributed by atoms with van der Waals surface area (Å²) in [6.07, 6.45) is 4.57. The van der Waals surface area contributed by atoms with Crippen molar-refractivity contribution in [3.05, 3.63) is 41.0 Å². The smallest absolute Gasteiger partial charge is 0.309 e. The van der Waals surface area contributed by atoms with Gasteiger partial charge in [0, 0.05) is 5.56 Å². The van der Waals surface area contributed by atoms with Gasteiger partial charge < -0.3 is 4.74 Å². The van der Waals surface area contributed by atoms with Crippen LogP contribution in [0, 0.1) is 6.92 Å². The minimum absolute atomic E-state index is 0.237. The maximum Gasteiger partial charge on any atom is 0.309 e. The molecule has 1 aromatic carbocycles. The average Bonchev–Trinajstić information content (AvgIpc) is 2.28. The molecule has 1 rings (SSSR count). The Morgan fingerprint density at radius 1 is 1.31 bits per heavy atom. The molecular formula is C13H14O3. The van der Waals surface area contributed by atoms with Gasteiger partial charge in [-0.05, 0) is 30.2 Å². The van der Waals surface area contributed by atoms with Crippen LogP contribution in [0.4, 0.5) is 0 Å². The molecule has 0 aliphatic rings. The first-order valence-electron chi connectivity index (χ1n) is 4.96. The Balaban J connectivity index is 2.76. The zero-order chi connectivity index (χ0) is 12.0. The minimum Gasteiger partial charge on any atom is -0.469 e. The van der Waals surface area contributed by atoms with Crippen molar-refractivity contribution in [2.24, 2.45) is 0 Å². The Bertz CT molecular complexity index is 419. The van der Waals surface area contributed by atoms with Gasteiger partial charge in [-0.3, -0.25) is 9.59 Å². The number of esters is 1. The van der Waals surface area contributed by atoms with Crippen molar-refractivity contribution in [1.82, 2.24) is 0 Å². The van der Waals surface area contributed by atoms with Gasteiger partial charge in [0.25, 0.3) is 0 Å². The van der Waals surface area contributed by atoms with E-state index in [0.717, 1.165) is 17.4 Å². The van der Waals surface area contributed by atoms with Crippen molar-refractivity contribution in [3.63, 3.8) is 0 Å². The second-order valence-electron chi connectivity index (χ2n) is 3.48. The molecule has 1 aromatic rings. The lowest BCUT2D eigenvalue weighted by Gasteiger charge is -1.99. The van der Waals surface area contributed by atoms with Crippen LogP contribution in [0.5, 0.6) is 0 Å². The van der Waals surface area contributed by atoms with Crippen LogP contribution in [0.15, 0.2) is 24.3 Å². The zero-order valence-electron chi connectivity index (χ0n) is 9.40. The molecule has 0 aliphatic carbocycles. The van der Waals surface area contributed by atoms with E-state index in [-0.39, 0.29) is 12.4 Å². The summed E-state index contributed by atoms with van der Waals surface area (Å²) in [4.78, 5) is 21.5. The SMILES string of the molecule is COC(=O)CC=Cc1cc(C)cc(C=O)c1. The zero-order valence-corrected chi connectivity index (χ0v) is 9.40. The van der Waals surface area contributed by atoms with Gasteiger partial charge in [0.2, 0.25) is 0 Å². The molecule has 0 bridgehead atoms. The molecule has 0 amide bonds. The van der Waals surface area contributed by atoms with Crippen LogP contribution in [0.25, 0.3) is 6.08 Å². The van der Waals surface area contributed by atoms with E-state index in [9.17, 15) is 9.59 Å². The van der Waals surface area contributed by atoms with Crippen molar-refractivity contribution in [2.45, 2.75) is 13.3 Å². The molecule has 0 heterocycles. The molecule has 84 valence electrons. The minimum atomic E-state index is -0.278. The molecule has 3 heteroatoms. The van der Waals surface area contributed by atoms with Crippen molar-refractivity contribution in [1.29, 1.82) is 0 Å². The predicted molar refractivity (Wildman–Crippen MR) is 62.2 cm³/mol. The summed E-state index contributed by atoms with van der Waals surface area (Å²) < 4.78 is 4.51. The third kappa shape index (κ3) is 3.69. The highest BCUT2D eigenvalue weighted by Gasteiger charge is 1.97. The fourth-order valence-electron chi connectivity index (χ4n) is 1.38. The van der Waals surface area contributed by atoms with Crippen molar-refractivity contribution in [3.8, 4) is 0 Å². The number of carbonyl (C=O) groups is 2. The third-order valence-electron chi connectivity index (χ3n) is 2.08. The molecule has 0 N–H and O–H groups in total. The number of ether oxygens (including phenoxy) is 1. The van der Waals surface area contributed by atoms with E-state index in [2.05, 4.69) is 4.74 Å². The Morgan fingerprint density at radius 3 is 2.62 bits per heavy atom. The standard InChI is InChI=1S/C13H14O3/c1-10-6-11(8-12(7-10)9-14)4-3-5-13(15)16-2/h3-4,6-9H,5H2,1-2H3. The topological polar surface area (TPSA) is 43.4 Å². The van der Waals surface area contributed by atoms with Gasteiger partial charge in [-0.1, -0.05) is 18.2 Å². The monoisotopic (exact) mass is 218 g/mol. The molecule has 0 spiro atoms. The summed E-state index contributed by atoms with van der Waals surface area (Å²) in [5.74, 6) is -0.278. The van der Waals surface area contributed by atoms with Crippen LogP contribution in [0.3, 0.4) is 0 Å². The van der Waals surface area contributed by atoms with Gasteiger partial charge in [0.15, 0.2) is 0 Å². The second kappa shape index (κ2) is 5.85. The molecule has 0 fully saturated rings.